The zero-order valence-electron chi connectivity index (χ0n) is 12.5. The Balaban J connectivity index is 1.59. The number of anilines is 1. The number of nitrogens with one attached hydrogen (secondary N) is 2. The van der Waals surface area contributed by atoms with Crippen molar-refractivity contribution in [3.8, 4) is 11.5 Å². The van der Waals surface area contributed by atoms with Crippen LogP contribution in [-0.2, 0) is 4.79 Å². The molecule has 2 atom stereocenters. The highest BCUT2D eigenvalue weighted by Gasteiger charge is 2.18. The molecule has 116 valence electrons. The Hall–Kier alpha value is -2.05. The molecular formula is C16H18N2O3S. The van der Waals surface area contributed by atoms with Gasteiger partial charge < -0.3 is 14.8 Å². The van der Waals surface area contributed by atoms with E-state index in [-0.39, 0.29) is 24.8 Å². The minimum absolute atomic E-state index is 0.0812. The zero-order chi connectivity index (χ0) is 15.5. The van der Waals surface area contributed by atoms with Crippen molar-refractivity contribution in [2.45, 2.75) is 25.9 Å². The summed E-state index contributed by atoms with van der Waals surface area (Å²) in [5.74, 6) is 1.28. The molecule has 1 amide bonds. The van der Waals surface area contributed by atoms with Gasteiger partial charge in [-0.25, -0.2) is 0 Å². The first-order valence-electron chi connectivity index (χ1n) is 7.13. The zero-order valence-corrected chi connectivity index (χ0v) is 13.3. The number of carbonyl (C=O) groups is 1. The first-order valence-corrected chi connectivity index (χ1v) is 8.01. The molecule has 0 saturated carbocycles. The van der Waals surface area contributed by atoms with Gasteiger partial charge in [-0.05, 0) is 37.4 Å². The van der Waals surface area contributed by atoms with Gasteiger partial charge in [0.05, 0.1) is 6.04 Å². The lowest BCUT2D eigenvalue weighted by molar-refractivity contribution is -0.117. The lowest BCUT2D eigenvalue weighted by Crippen LogP contribution is -2.39. The predicted molar refractivity (Wildman–Crippen MR) is 86.5 cm³/mol. The molecule has 22 heavy (non-hydrogen) atoms. The van der Waals surface area contributed by atoms with Crippen molar-refractivity contribution in [2.24, 2.45) is 0 Å². The summed E-state index contributed by atoms with van der Waals surface area (Å²) in [5, 5.41) is 8.22. The Morgan fingerprint density at radius 1 is 1.23 bits per heavy atom. The van der Waals surface area contributed by atoms with Crippen LogP contribution >= 0.6 is 11.3 Å². The van der Waals surface area contributed by atoms with Gasteiger partial charge in [0.15, 0.2) is 11.5 Å². The molecule has 3 rings (SSSR count). The number of hydrogen-bond donors (Lipinski definition) is 2. The Labute approximate surface area is 133 Å². The van der Waals surface area contributed by atoms with Crippen LogP contribution < -0.4 is 20.1 Å². The summed E-state index contributed by atoms with van der Waals surface area (Å²) in [6.07, 6.45) is 0. The molecule has 0 unspecified atom stereocenters. The van der Waals surface area contributed by atoms with Crippen molar-refractivity contribution in [2.75, 3.05) is 12.1 Å². The highest BCUT2D eigenvalue weighted by molar-refractivity contribution is 7.10. The van der Waals surface area contributed by atoms with Crippen LogP contribution in [0.15, 0.2) is 35.7 Å². The van der Waals surface area contributed by atoms with E-state index >= 15 is 0 Å². The molecule has 6 heteroatoms. The molecule has 0 radical (unpaired) electrons. The quantitative estimate of drug-likeness (QED) is 0.889. The number of carbonyl (C=O) groups excluding carboxylic acids is 1. The third-order valence-corrected chi connectivity index (χ3v) is 4.56. The number of fused-ring (bicyclic) bond motifs is 1. The van der Waals surface area contributed by atoms with Crippen molar-refractivity contribution < 1.29 is 14.3 Å². The molecular weight excluding hydrogens is 300 g/mol. The average molecular weight is 318 g/mol. The molecule has 0 saturated heterocycles. The van der Waals surface area contributed by atoms with E-state index in [4.69, 9.17) is 9.47 Å². The smallest absolute Gasteiger partial charge is 0.241 e. The minimum Gasteiger partial charge on any atom is -0.454 e. The highest BCUT2D eigenvalue weighted by atomic mass is 32.1. The lowest BCUT2D eigenvalue weighted by Gasteiger charge is -2.18. The fourth-order valence-corrected chi connectivity index (χ4v) is 3.04. The first kappa shape index (κ1) is 14.9. The van der Waals surface area contributed by atoms with Crippen molar-refractivity contribution in [1.82, 2.24) is 5.32 Å². The molecule has 1 aliphatic heterocycles. The Morgan fingerprint density at radius 2 is 2.05 bits per heavy atom. The molecule has 2 N–H and O–H groups in total. The van der Waals surface area contributed by atoms with Crippen LogP contribution in [0.4, 0.5) is 5.69 Å². The summed E-state index contributed by atoms with van der Waals surface area (Å²) < 4.78 is 10.6. The van der Waals surface area contributed by atoms with Crippen molar-refractivity contribution >= 4 is 22.9 Å². The van der Waals surface area contributed by atoms with Crippen LogP contribution in [-0.4, -0.2) is 18.7 Å². The number of rotatable bonds is 5. The van der Waals surface area contributed by atoms with Crippen LogP contribution in [0.3, 0.4) is 0 Å². The van der Waals surface area contributed by atoms with Gasteiger partial charge in [-0.2, -0.15) is 0 Å². The number of amides is 1. The summed E-state index contributed by atoms with van der Waals surface area (Å²) in [5.41, 5.74) is 0.701. The molecule has 1 aromatic carbocycles. The summed E-state index contributed by atoms with van der Waals surface area (Å²) in [6.45, 7) is 4.13. The van der Waals surface area contributed by atoms with Gasteiger partial charge in [0.1, 0.15) is 0 Å². The normalized spacial score (nSPS) is 15.4. The molecule has 2 aromatic rings. The van der Waals surface area contributed by atoms with Crippen LogP contribution in [0.1, 0.15) is 24.8 Å². The molecule has 0 bridgehead atoms. The van der Waals surface area contributed by atoms with E-state index in [0.717, 1.165) is 0 Å². The fraction of sp³-hybridized carbons (Fsp3) is 0.312. The Bertz CT molecular complexity index is 657. The molecule has 5 nitrogen and oxygen atoms in total. The topological polar surface area (TPSA) is 59.6 Å². The second-order valence-electron chi connectivity index (χ2n) is 5.18. The standard InChI is InChI=1S/C16H18N2O3S/c1-10(15-4-3-7-22-15)17-11(2)16(19)18-12-5-6-13-14(8-12)21-9-20-13/h3-8,10-11,17H,9H2,1-2H3,(H,18,19)/t10-,11+/m1/s1. The van der Waals surface area contributed by atoms with Gasteiger partial charge in [-0.15, -0.1) is 11.3 Å². The number of hydrogen-bond acceptors (Lipinski definition) is 5. The lowest BCUT2D eigenvalue weighted by atomic mass is 10.2. The van der Waals surface area contributed by atoms with E-state index in [0.29, 0.717) is 17.2 Å². The Kier molecular flexibility index (Phi) is 4.31. The monoisotopic (exact) mass is 318 g/mol. The number of thiophene rings is 1. The maximum Gasteiger partial charge on any atom is 0.241 e. The maximum atomic E-state index is 12.3. The maximum absolute atomic E-state index is 12.3. The van der Waals surface area contributed by atoms with E-state index < -0.39 is 0 Å². The summed E-state index contributed by atoms with van der Waals surface area (Å²) in [7, 11) is 0. The van der Waals surface area contributed by atoms with E-state index in [1.807, 2.05) is 18.4 Å². The van der Waals surface area contributed by atoms with Crippen LogP contribution in [0.5, 0.6) is 11.5 Å². The minimum atomic E-state index is -0.303. The number of ether oxygens (including phenoxy) is 2. The molecule has 1 aromatic heterocycles. The summed E-state index contributed by atoms with van der Waals surface area (Å²) in [6, 6.07) is 9.28. The molecule has 0 fully saturated rings. The third-order valence-electron chi connectivity index (χ3n) is 3.50. The van der Waals surface area contributed by atoms with E-state index in [9.17, 15) is 4.79 Å². The van der Waals surface area contributed by atoms with Gasteiger partial charge >= 0.3 is 0 Å². The van der Waals surface area contributed by atoms with E-state index in [2.05, 4.69) is 23.6 Å². The van der Waals surface area contributed by atoms with Crippen molar-refractivity contribution in [1.29, 1.82) is 0 Å². The molecule has 0 aliphatic carbocycles. The van der Waals surface area contributed by atoms with Gasteiger partial charge in [0.25, 0.3) is 0 Å². The van der Waals surface area contributed by atoms with Crippen molar-refractivity contribution in [3.05, 3.63) is 40.6 Å². The molecule has 1 aliphatic rings. The van der Waals surface area contributed by atoms with Gasteiger partial charge in [-0.1, -0.05) is 6.07 Å². The number of benzene rings is 1. The average Bonchev–Trinajstić information content (AvgIpc) is 3.18. The molecule has 2 heterocycles. The predicted octanol–water partition coefficient (Wildman–Crippen LogP) is 3.15. The van der Waals surface area contributed by atoms with Crippen LogP contribution in [0, 0.1) is 0 Å². The van der Waals surface area contributed by atoms with Crippen LogP contribution in [0.2, 0.25) is 0 Å². The van der Waals surface area contributed by atoms with E-state index in [1.165, 1.54) is 4.88 Å². The van der Waals surface area contributed by atoms with Crippen molar-refractivity contribution in [3.63, 3.8) is 0 Å². The van der Waals surface area contributed by atoms with E-state index in [1.54, 1.807) is 29.5 Å². The Morgan fingerprint density at radius 3 is 2.82 bits per heavy atom. The fourth-order valence-electron chi connectivity index (χ4n) is 2.30. The van der Waals surface area contributed by atoms with Crippen LogP contribution in [0.25, 0.3) is 0 Å². The second kappa shape index (κ2) is 6.37. The second-order valence-corrected chi connectivity index (χ2v) is 6.16. The van der Waals surface area contributed by atoms with Gasteiger partial charge in [0, 0.05) is 22.7 Å². The largest absolute Gasteiger partial charge is 0.454 e. The summed E-state index contributed by atoms with van der Waals surface area (Å²) >= 11 is 1.68. The first-order chi connectivity index (χ1) is 10.6. The SMILES string of the molecule is C[C@H](N[C@H](C)c1cccs1)C(=O)Nc1ccc2c(c1)OCO2. The molecule has 0 spiro atoms. The highest BCUT2D eigenvalue weighted by Crippen LogP contribution is 2.34. The van der Waals surface area contributed by atoms with Gasteiger partial charge in [0.2, 0.25) is 12.7 Å². The summed E-state index contributed by atoms with van der Waals surface area (Å²) in [4.78, 5) is 13.5. The van der Waals surface area contributed by atoms with Gasteiger partial charge in [-0.3, -0.25) is 10.1 Å². The third kappa shape index (κ3) is 3.23.